The predicted molar refractivity (Wildman–Crippen MR) is 71.6 cm³/mol. The average molecular weight is 244 g/mol. The monoisotopic (exact) mass is 244 g/mol. The number of amides is 1. The van der Waals surface area contributed by atoms with E-state index in [1.165, 1.54) is 11.3 Å². The number of fused-ring (bicyclic) bond motifs is 2. The molecule has 1 aromatic carbocycles. The van der Waals surface area contributed by atoms with Crippen molar-refractivity contribution in [2.45, 2.75) is 0 Å². The van der Waals surface area contributed by atoms with Crippen molar-refractivity contribution in [3.8, 4) is 0 Å². The van der Waals surface area contributed by atoms with Gasteiger partial charge in [0.25, 0.3) is 5.91 Å². The van der Waals surface area contributed by atoms with E-state index in [-0.39, 0.29) is 5.91 Å². The van der Waals surface area contributed by atoms with E-state index in [0.29, 0.717) is 0 Å². The fourth-order valence-electron chi connectivity index (χ4n) is 2.15. The van der Waals surface area contributed by atoms with Crippen molar-refractivity contribution >= 4 is 34.3 Å². The highest BCUT2D eigenvalue weighted by Gasteiger charge is 2.27. The number of thiophene rings is 1. The Morgan fingerprint density at radius 3 is 2.29 bits per heavy atom. The summed E-state index contributed by atoms with van der Waals surface area (Å²) >= 11 is 1.49. The van der Waals surface area contributed by atoms with Crippen LogP contribution in [0.3, 0.4) is 0 Å². The standard InChI is InChI=1S/C13H12N2OS/c1-14-9-5-3-4-6-10(9)15(2)13(16)12-11(14)7-8-17-12/h3-8H,1-2H3. The second-order valence-electron chi connectivity index (χ2n) is 4.05. The molecule has 1 aliphatic rings. The van der Waals surface area contributed by atoms with Gasteiger partial charge in [0, 0.05) is 14.1 Å². The first-order valence-corrected chi connectivity index (χ1v) is 6.26. The number of para-hydroxylation sites is 2. The third-order valence-corrected chi connectivity index (χ3v) is 4.00. The van der Waals surface area contributed by atoms with E-state index in [4.69, 9.17) is 0 Å². The molecule has 0 atom stereocenters. The van der Waals surface area contributed by atoms with Gasteiger partial charge in [-0.3, -0.25) is 4.79 Å². The van der Waals surface area contributed by atoms with Crippen molar-refractivity contribution in [1.82, 2.24) is 0 Å². The van der Waals surface area contributed by atoms with E-state index < -0.39 is 0 Å². The van der Waals surface area contributed by atoms with Crippen LogP contribution in [0.4, 0.5) is 17.1 Å². The number of rotatable bonds is 0. The Balaban J connectivity index is 2.30. The molecule has 0 bridgehead atoms. The molecule has 86 valence electrons. The van der Waals surface area contributed by atoms with Gasteiger partial charge >= 0.3 is 0 Å². The van der Waals surface area contributed by atoms with Crippen molar-refractivity contribution < 1.29 is 4.79 Å². The molecular weight excluding hydrogens is 232 g/mol. The first-order valence-electron chi connectivity index (χ1n) is 5.38. The lowest BCUT2D eigenvalue weighted by Crippen LogP contribution is -2.24. The van der Waals surface area contributed by atoms with Crippen LogP contribution in [0.1, 0.15) is 9.67 Å². The number of benzene rings is 1. The highest BCUT2D eigenvalue weighted by molar-refractivity contribution is 7.12. The zero-order valence-electron chi connectivity index (χ0n) is 9.68. The molecule has 0 unspecified atom stereocenters. The maximum Gasteiger partial charge on any atom is 0.270 e. The van der Waals surface area contributed by atoms with Gasteiger partial charge in [-0.15, -0.1) is 11.3 Å². The minimum atomic E-state index is 0.0619. The van der Waals surface area contributed by atoms with E-state index in [0.717, 1.165) is 21.9 Å². The number of carbonyl (C=O) groups is 1. The summed E-state index contributed by atoms with van der Waals surface area (Å²) in [5, 5.41) is 1.96. The minimum Gasteiger partial charge on any atom is -0.342 e. The van der Waals surface area contributed by atoms with Gasteiger partial charge in [0.2, 0.25) is 0 Å². The van der Waals surface area contributed by atoms with Crippen molar-refractivity contribution in [2.24, 2.45) is 0 Å². The predicted octanol–water partition coefficient (Wildman–Crippen LogP) is 3.11. The van der Waals surface area contributed by atoms with E-state index >= 15 is 0 Å². The SMILES string of the molecule is CN1C(=O)c2sccc2N(C)c2ccccc21. The minimum absolute atomic E-state index is 0.0619. The highest BCUT2D eigenvalue weighted by Crippen LogP contribution is 2.40. The molecular formula is C13H12N2OS. The molecule has 0 saturated carbocycles. The quantitative estimate of drug-likeness (QED) is 0.711. The normalized spacial score (nSPS) is 14.4. The number of nitrogens with zero attached hydrogens (tertiary/aromatic N) is 2. The molecule has 2 aromatic rings. The van der Waals surface area contributed by atoms with Gasteiger partial charge in [-0.2, -0.15) is 0 Å². The zero-order valence-corrected chi connectivity index (χ0v) is 10.5. The first-order chi connectivity index (χ1) is 8.20. The van der Waals surface area contributed by atoms with Gasteiger partial charge in [0.15, 0.2) is 0 Å². The average Bonchev–Trinajstić information content (AvgIpc) is 2.82. The van der Waals surface area contributed by atoms with Crippen LogP contribution in [-0.4, -0.2) is 20.0 Å². The molecule has 2 heterocycles. The van der Waals surface area contributed by atoms with Gasteiger partial charge in [0.1, 0.15) is 4.88 Å². The zero-order chi connectivity index (χ0) is 12.0. The summed E-state index contributed by atoms with van der Waals surface area (Å²) in [6.45, 7) is 0. The molecule has 0 spiro atoms. The Labute approximate surface area is 104 Å². The molecule has 0 saturated heterocycles. The smallest absolute Gasteiger partial charge is 0.270 e. The lowest BCUT2D eigenvalue weighted by Gasteiger charge is -2.21. The topological polar surface area (TPSA) is 23.6 Å². The van der Waals surface area contributed by atoms with E-state index in [1.54, 1.807) is 4.90 Å². The van der Waals surface area contributed by atoms with Crippen LogP contribution in [0, 0.1) is 0 Å². The van der Waals surface area contributed by atoms with Crippen molar-refractivity contribution in [1.29, 1.82) is 0 Å². The number of hydrogen-bond donors (Lipinski definition) is 0. The third kappa shape index (κ3) is 1.37. The number of carbonyl (C=O) groups excluding carboxylic acids is 1. The Hall–Kier alpha value is -1.81. The molecule has 1 amide bonds. The summed E-state index contributed by atoms with van der Waals surface area (Å²) in [5.41, 5.74) is 2.99. The summed E-state index contributed by atoms with van der Waals surface area (Å²) in [7, 11) is 3.82. The van der Waals surface area contributed by atoms with Gasteiger partial charge in [0.05, 0.1) is 17.1 Å². The summed E-state index contributed by atoms with van der Waals surface area (Å²) in [4.78, 5) is 16.9. The molecule has 1 aromatic heterocycles. The van der Waals surface area contributed by atoms with Crippen LogP contribution in [0.5, 0.6) is 0 Å². The molecule has 3 nitrogen and oxygen atoms in total. The van der Waals surface area contributed by atoms with Crippen LogP contribution < -0.4 is 9.80 Å². The van der Waals surface area contributed by atoms with E-state index in [9.17, 15) is 4.79 Å². The summed E-state index contributed by atoms with van der Waals surface area (Å²) < 4.78 is 0. The van der Waals surface area contributed by atoms with Gasteiger partial charge in [-0.25, -0.2) is 0 Å². The number of hydrogen-bond acceptors (Lipinski definition) is 3. The second-order valence-corrected chi connectivity index (χ2v) is 4.96. The Morgan fingerprint density at radius 1 is 0.941 bits per heavy atom. The van der Waals surface area contributed by atoms with Crippen LogP contribution in [0.25, 0.3) is 0 Å². The van der Waals surface area contributed by atoms with Crippen LogP contribution >= 0.6 is 11.3 Å². The second kappa shape index (κ2) is 3.60. The highest BCUT2D eigenvalue weighted by atomic mass is 32.1. The molecule has 0 radical (unpaired) electrons. The lowest BCUT2D eigenvalue weighted by atomic mass is 10.2. The molecule has 3 rings (SSSR count). The third-order valence-electron chi connectivity index (χ3n) is 3.11. The van der Waals surface area contributed by atoms with Gasteiger partial charge in [-0.05, 0) is 23.6 Å². The molecule has 0 fully saturated rings. The fraction of sp³-hybridized carbons (Fsp3) is 0.154. The van der Waals surface area contributed by atoms with Gasteiger partial charge in [-0.1, -0.05) is 12.1 Å². The number of anilines is 3. The maximum absolute atomic E-state index is 12.3. The fourth-order valence-corrected chi connectivity index (χ4v) is 3.05. The Kier molecular flexibility index (Phi) is 2.19. The lowest BCUT2D eigenvalue weighted by molar-refractivity contribution is 0.0998. The first kappa shape index (κ1) is 10.4. The Morgan fingerprint density at radius 2 is 1.59 bits per heavy atom. The Bertz CT molecular complexity index is 591. The summed E-state index contributed by atoms with van der Waals surface area (Å²) in [6, 6.07) is 9.95. The van der Waals surface area contributed by atoms with Crippen LogP contribution in [-0.2, 0) is 0 Å². The van der Waals surface area contributed by atoms with Gasteiger partial charge < -0.3 is 9.80 Å². The molecule has 0 N–H and O–H groups in total. The van der Waals surface area contributed by atoms with Crippen LogP contribution in [0.15, 0.2) is 35.7 Å². The maximum atomic E-state index is 12.3. The van der Waals surface area contributed by atoms with Crippen molar-refractivity contribution in [2.75, 3.05) is 23.9 Å². The van der Waals surface area contributed by atoms with Crippen LogP contribution in [0.2, 0.25) is 0 Å². The summed E-state index contributed by atoms with van der Waals surface area (Å²) in [5.74, 6) is 0.0619. The molecule has 0 aliphatic carbocycles. The largest absolute Gasteiger partial charge is 0.342 e. The van der Waals surface area contributed by atoms with Crippen molar-refractivity contribution in [3.63, 3.8) is 0 Å². The molecule has 4 heteroatoms. The van der Waals surface area contributed by atoms with E-state index in [1.807, 2.05) is 49.8 Å². The van der Waals surface area contributed by atoms with E-state index in [2.05, 4.69) is 4.90 Å². The molecule has 17 heavy (non-hydrogen) atoms. The van der Waals surface area contributed by atoms with Crippen molar-refractivity contribution in [3.05, 3.63) is 40.6 Å². The molecule has 1 aliphatic heterocycles. The summed E-state index contributed by atoms with van der Waals surface area (Å²) in [6.07, 6.45) is 0.